The molecule has 7 nitrogen and oxygen atoms in total. The molecule has 1 aliphatic heterocycles. The summed E-state index contributed by atoms with van der Waals surface area (Å²) >= 11 is 0. The van der Waals surface area contributed by atoms with Gasteiger partial charge in [0.2, 0.25) is 0 Å². The van der Waals surface area contributed by atoms with Gasteiger partial charge in [0, 0.05) is 24.1 Å². The number of non-ortho nitro benzene ring substituents is 1. The van der Waals surface area contributed by atoms with E-state index in [1.54, 1.807) is 16.8 Å². The molecule has 5 rings (SSSR count). The normalized spacial score (nSPS) is 20.6. The van der Waals surface area contributed by atoms with Gasteiger partial charge in [-0.3, -0.25) is 10.1 Å². The number of rotatable bonds is 2. The van der Waals surface area contributed by atoms with Crippen LogP contribution in [0.1, 0.15) is 23.0 Å². The molecule has 1 unspecified atom stereocenters. The first-order valence-electron chi connectivity index (χ1n) is 8.14. The van der Waals surface area contributed by atoms with Gasteiger partial charge in [-0.05, 0) is 22.8 Å². The Labute approximate surface area is 143 Å². The number of nitro benzene ring substituents is 1. The molecular weight excluding hydrogens is 320 g/mol. The van der Waals surface area contributed by atoms with Gasteiger partial charge < -0.3 is 4.74 Å². The summed E-state index contributed by atoms with van der Waals surface area (Å²) in [5, 5.41) is 15.4. The number of hydrogen-bond acceptors (Lipinski definition) is 4. The van der Waals surface area contributed by atoms with Crippen molar-refractivity contribution < 1.29 is 14.3 Å². The number of nitro groups is 1. The predicted octanol–water partition coefficient (Wildman–Crippen LogP) is 2.11. The minimum absolute atomic E-state index is 0.0708. The molecule has 0 bridgehead atoms. The first kappa shape index (κ1) is 14.3. The van der Waals surface area contributed by atoms with Gasteiger partial charge in [0.25, 0.3) is 17.8 Å². The van der Waals surface area contributed by atoms with E-state index in [2.05, 4.69) is 33.9 Å². The van der Waals surface area contributed by atoms with Gasteiger partial charge in [0.1, 0.15) is 12.7 Å². The smallest absolute Gasteiger partial charge is 0.272 e. The average Bonchev–Trinajstić information content (AvgIpc) is 3.22. The van der Waals surface area contributed by atoms with E-state index in [1.807, 2.05) is 6.33 Å². The lowest BCUT2D eigenvalue weighted by Gasteiger charge is -2.22. The molecule has 0 amide bonds. The number of aromatic nitrogens is 3. The molecule has 0 N–H and O–H groups in total. The molecule has 0 radical (unpaired) electrons. The number of fused-ring (bicyclic) bond motifs is 5. The minimum atomic E-state index is -0.402. The molecule has 2 atom stereocenters. The molecule has 2 aromatic carbocycles. The Hall–Kier alpha value is -3.06. The molecule has 1 aromatic heterocycles. The molecule has 0 spiro atoms. The molecule has 25 heavy (non-hydrogen) atoms. The van der Waals surface area contributed by atoms with Gasteiger partial charge in [0.15, 0.2) is 11.7 Å². The Kier molecular flexibility index (Phi) is 2.98. The van der Waals surface area contributed by atoms with E-state index < -0.39 is 4.92 Å². The third kappa shape index (κ3) is 2.16. The lowest BCUT2D eigenvalue weighted by molar-refractivity contribution is -0.658. The van der Waals surface area contributed by atoms with Crippen molar-refractivity contribution in [1.29, 1.82) is 0 Å². The van der Waals surface area contributed by atoms with Crippen LogP contribution in [0.25, 0.3) is 5.69 Å². The molecule has 0 saturated heterocycles. The SMILES string of the molecule is O=[N+]([O-])c1ccc(-[n+]2cn3c(n2)CO[C@H]2Cc4ccccc4C23)cc1. The molecule has 0 fully saturated rings. The fourth-order valence-electron chi connectivity index (χ4n) is 3.77. The Bertz CT molecular complexity index is 980. The topological polar surface area (TPSA) is 74.1 Å². The summed E-state index contributed by atoms with van der Waals surface area (Å²) in [4.78, 5) is 10.4. The van der Waals surface area contributed by atoms with E-state index in [0.717, 1.165) is 17.9 Å². The van der Waals surface area contributed by atoms with Gasteiger partial charge in [-0.15, -0.1) is 4.68 Å². The highest BCUT2D eigenvalue weighted by Crippen LogP contribution is 2.39. The maximum absolute atomic E-state index is 10.8. The third-order valence-corrected chi connectivity index (χ3v) is 4.95. The highest BCUT2D eigenvalue weighted by molar-refractivity contribution is 5.38. The second-order valence-corrected chi connectivity index (χ2v) is 6.35. The minimum Gasteiger partial charge on any atom is -0.363 e. The predicted molar refractivity (Wildman–Crippen MR) is 87.3 cm³/mol. The monoisotopic (exact) mass is 335 g/mol. The van der Waals surface area contributed by atoms with Crippen LogP contribution in [0.15, 0.2) is 54.9 Å². The zero-order chi connectivity index (χ0) is 17.0. The highest BCUT2D eigenvalue weighted by atomic mass is 16.6. The van der Waals surface area contributed by atoms with Crippen LogP contribution in [0.4, 0.5) is 5.69 Å². The van der Waals surface area contributed by atoms with Crippen LogP contribution in [-0.2, 0) is 17.8 Å². The van der Waals surface area contributed by atoms with E-state index >= 15 is 0 Å². The summed E-state index contributed by atoms with van der Waals surface area (Å²) in [5.41, 5.74) is 3.46. The molecule has 7 heteroatoms. The van der Waals surface area contributed by atoms with E-state index in [0.29, 0.717) is 6.61 Å². The zero-order valence-electron chi connectivity index (χ0n) is 13.3. The third-order valence-electron chi connectivity index (χ3n) is 4.95. The van der Waals surface area contributed by atoms with Crippen molar-refractivity contribution in [2.45, 2.75) is 25.2 Å². The lowest BCUT2D eigenvalue weighted by Crippen LogP contribution is -2.32. The number of hydrogen-bond donors (Lipinski definition) is 0. The van der Waals surface area contributed by atoms with Crippen molar-refractivity contribution in [3.8, 4) is 5.69 Å². The van der Waals surface area contributed by atoms with Crippen molar-refractivity contribution in [2.75, 3.05) is 0 Å². The van der Waals surface area contributed by atoms with Crippen molar-refractivity contribution >= 4 is 5.69 Å². The van der Waals surface area contributed by atoms with E-state index in [4.69, 9.17) is 4.74 Å². The fourth-order valence-corrected chi connectivity index (χ4v) is 3.77. The summed E-state index contributed by atoms with van der Waals surface area (Å²) in [6.07, 6.45) is 3.00. The molecule has 0 saturated carbocycles. The maximum atomic E-state index is 10.8. The van der Waals surface area contributed by atoms with Crippen LogP contribution in [0.3, 0.4) is 0 Å². The first-order valence-corrected chi connectivity index (χ1v) is 8.14. The van der Waals surface area contributed by atoms with Gasteiger partial charge in [0.05, 0.1) is 4.92 Å². The van der Waals surface area contributed by atoms with Gasteiger partial charge >= 0.3 is 0 Å². The summed E-state index contributed by atoms with van der Waals surface area (Å²) in [6.45, 7) is 0.467. The standard InChI is InChI=1S/C18H15N4O3/c23-22(24)14-7-5-13(6-8-14)21-11-20-17(19-21)10-25-16-9-12-3-1-2-4-15(12)18(16)20/h1-8,11,16,18H,9-10H2/q+1/t16-,18?/m0/s1. The quantitative estimate of drug-likeness (QED) is 0.408. The first-order chi connectivity index (χ1) is 12.2. The van der Waals surface area contributed by atoms with Gasteiger partial charge in [-0.2, -0.15) is 0 Å². The van der Waals surface area contributed by atoms with Crippen LogP contribution >= 0.6 is 0 Å². The highest BCUT2D eigenvalue weighted by Gasteiger charge is 2.43. The van der Waals surface area contributed by atoms with Crippen LogP contribution in [0, 0.1) is 10.1 Å². The molecule has 3 aromatic rings. The largest absolute Gasteiger partial charge is 0.363 e. The van der Waals surface area contributed by atoms with Crippen molar-refractivity contribution in [3.05, 3.63) is 81.9 Å². The van der Waals surface area contributed by atoms with Crippen LogP contribution in [0.5, 0.6) is 0 Å². The fraction of sp³-hybridized carbons (Fsp3) is 0.222. The van der Waals surface area contributed by atoms with E-state index in [-0.39, 0.29) is 17.8 Å². The molecule has 1 aliphatic carbocycles. The number of ether oxygens (including phenoxy) is 1. The molecular formula is C18H15N4O3+. The second kappa shape index (κ2) is 5.22. The Morgan fingerprint density at radius 3 is 2.80 bits per heavy atom. The molecule has 2 heterocycles. The Balaban J connectivity index is 1.56. The Morgan fingerprint density at radius 2 is 2.00 bits per heavy atom. The summed E-state index contributed by atoms with van der Waals surface area (Å²) in [7, 11) is 0. The number of benzene rings is 2. The van der Waals surface area contributed by atoms with Crippen LogP contribution in [0.2, 0.25) is 0 Å². The molecule has 124 valence electrons. The van der Waals surface area contributed by atoms with Crippen molar-refractivity contribution in [1.82, 2.24) is 9.67 Å². The summed E-state index contributed by atoms with van der Waals surface area (Å²) in [5.74, 6) is 0.858. The molecule has 2 aliphatic rings. The number of nitrogens with zero attached hydrogens (tertiary/aromatic N) is 4. The van der Waals surface area contributed by atoms with Crippen LogP contribution < -0.4 is 4.68 Å². The summed E-state index contributed by atoms with van der Waals surface area (Å²) < 4.78 is 9.95. The van der Waals surface area contributed by atoms with Crippen molar-refractivity contribution in [2.24, 2.45) is 0 Å². The Morgan fingerprint density at radius 1 is 1.20 bits per heavy atom. The van der Waals surface area contributed by atoms with E-state index in [1.165, 1.54) is 23.3 Å². The lowest BCUT2D eigenvalue weighted by atomic mass is 10.1. The average molecular weight is 335 g/mol. The van der Waals surface area contributed by atoms with E-state index in [9.17, 15) is 10.1 Å². The van der Waals surface area contributed by atoms with Gasteiger partial charge in [-0.1, -0.05) is 24.3 Å². The summed E-state index contributed by atoms with van der Waals surface area (Å²) in [6, 6.07) is 14.9. The van der Waals surface area contributed by atoms with Crippen molar-refractivity contribution in [3.63, 3.8) is 0 Å². The maximum Gasteiger partial charge on any atom is 0.272 e. The van der Waals surface area contributed by atoms with Gasteiger partial charge in [-0.25, -0.2) is 4.57 Å². The second-order valence-electron chi connectivity index (χ2n) is 6.35. The zero-order valence-corrected chi connectivity index (χ0v) is 13.3. The van der Waals surface area contributed by atoms with Crippen LogP contribution in [-0.4, -0.2) is 20.7 Å².